The molecule has 4 nitrogen and oxygen atoms in total. The van der Waals surface area contributed by atoms with Crippen LogP contribution in [0.15, 0.2) is 24.4 Å². The maximum Gasteiger partial charge on any atom is 0.130 e. The minimum absolute atomic E-state index is 0.00742. The van der Waals surface area contributed by atoms with Crippen molar-refractivity contribution >= 4 is 16.6 Å². The van der Waals surface area contributed by atoms with Gasteiger partial charge in [0.25, 0.3) is 0 Å². The van der Waals surface area contributed by atoms with Crippen molar-refractivity contribution in [1.82, 2.24) is 4.98 Å². The summed E-state index contributed by atoms with van der Waals surface area (Å²) in [6.07, 6.45) is 1.42. The second kappa shape index (κ2) is 5.58. The van der Waals surface area contributed by atoms with Crippen LogP contribution in [0.25, 0.3) is 10.9 Å². The fourth-order valence-electron chi connectivity index (χ4n) is 2.93. The Hall–Kier alpha value is -1.72. The lowest BCUT2D eigenvalue weighted by molar-refractivity contribution is -0.0420. The van der Waals surface area contributed by atoms with Crippen molar-refractivity contribution in [2.75, 3.05) is 24.6 Å². The molecule has 0 bridgehead atoms. The van der Waals surface area contributed by atoms with E-state index in [1.165, 1.54) is 0 Å². The molecule has 21 heavy (non-hydrogen) atoms. The maximum atomic E-state index is 14.2. The van der Waals surface area contributed by atoms with E-state index in [4.69, 9.17) is 4.74 Å². The molecule has 3 rings (SSSR count). The number of hydrogen-bond donors (Lipinski definition) is 1. The summed E-state index contributed by atoms with van der Waals surface area (Å²) in [5.74, 6) is -0.254. The van der Waals surface area contributed by atoms with Gasteiger partial charge in [-0.1, -0.05) is 0 Å². The molecule has 1 aliphatic heterocycles. The predicted molar refractivity (Wildman–Crippen MR) is 80.1 cm³/mol. The number of benzene rings is 1. The summed E-state index contributed by atoms with van der Waals surface area (Å²) in [6, 6.07) is 5.38. The largest absolute Gasteiger partial charge is 0.394 e. The van der Waals surface area contributed by atoms with Crippen LogP contribution in [0.3, 0.4) is 0 Å². The highest BCUT2D eigenvalue weighted by molar-refractivity contribution is 5.94. The molecule has 1 aromatic carbocycles. The molecule has 1 fully saturated rings. The minimum atomic E-state index is -0.254. The molecule has 1 N–H and O–H groups in total. The Morgan fingerprint density at radius 1 is 1.48 bits per heavy atom. The Balaban J connectivity index is 2.09. The molecule has 0 aliphatic carbocycles. The van der Waals surface area contributed by atoms with Gasteiger partial charge in [0.2, 0.25) is 0 Å². The molecule has 2 heterocycles. The van der Waals surface area contributed by atoms with Crippen molar-refractivity contribution in [2.24, 2.45) is 0 Å². The average molecular weight is 290 g/mol. The number of aliphatic hydroxyl groups is 1. The summed E-state index contributed by atoms with van der Waals surface area (Å²) in [6.45, 7) is 4.88. The first-order valence-corrected chi connectivity index (χ1v) is 7.15. The molecule has 1 unspecified atom stereocenters. The van der Waals surface area contributed by atoms with Gasteiger partial charge in [-0.2, -0.15) is 0 Å². The quantitative estimate of drug-likeness (QED) is 0.921. The van der Waals surface area contributed by atoms with E-state index < -0.39 is 0 Å². The van der Waals surface area contributed by atoms with Crippen LogP contribution in [0.5, 0.6) is 0 Å². The van der Waals surface area contributed by atoms with Gasteiger partial charge < -0.3 is 14.7 Å². The molecular formula is C16H19FN2O2. The van der Waals surface area contributed by atoms with Crippen molar-refractivity contribution in [3.63, 3.8) is 0 Å². The van der Waals surface area contributed by atoms with Crippen LogP contribution < -0.4 is 4.90 Å². The van der Waals surface area contributed by atoms with E-state index in [1.54, 1.807) is 19.2 Å². The van der Waals surface area contributed by atoms with Gasteiger partial charge in [0.05, 0.1) is 24.3 Å². The zero-order chi connectivity index (χ0) is 15.0. The molecular weight excluding hydrogens is 271 g/mol. The molecule has 2 aromatic rings. The number of halogens is 1. The molecule has 112 valence electrons. The van der Waals surface area contributed by atoms with Crippen molar-refractivity contribution in [3.8, 4) is 0 Å². The number of hydrogen-bond acceptors (Lipinski definition) is 4. The number of aryl methyl sites for hydroxylation is 1. The first kappa shape index (κ1) is 14.2. The second-order valence-corrected chi connectivity index (χ2v) is 5.56. The first-order valence-electron chi connectivity index (χ1n) is 7.15. The molecule has 0 spiro atoms. The number of aromatic nitrogens is 1. The zero-order valence-corrected chi connectivity index (χ0v) is 12.2. The molecule has 1 aliphatic rings. The van der Waals surface area contributed by atoms with Crippen LogP contribution in [0.1, 0.15) is 12.5 Å². The first-order chi connectivity index (χ1) is 10.1. The highest BCUT2D eigenvalue weighted by Crippen LogP contribution is 2.31. The molecule has 1 aromatic heterocycles. The summed E-state index contributed by atoms with van der Waals surface area (Å²) < 4.78 is 19.8. The normalized spacial score (nSPS) is 22.8. The number of anilines is 1. The van der Waals surface area contributed by atoms with Crippen LogP contribution in [0, 0.1) is 12.7 Å². The number of pyridine rings is 1. The van der Waals surface area contributed by atoms with Crippen molar-refractivity contribution in [2.45, 2.75) is 26.1 Å². The van der Waals surface area contributed by atoms with Gasteiger partial charge in [-0.25, -0.2) is 4.39 Å². The number of ether oxygens (including phenoxy) is 1. The highest BCUT2D eigenvalue weighted by Gasteiger charge is 2.26. The minimum Gasteiger partial charge on any atom is -0.394 e. The Kier molecular flexibility index (Phi) is 3.78. The van der Waals surface area contributed by atoms with E-state index in [9.17, 15) is 9.50 Å². The van der Waals surface area contributed by atoms with Gasteiger partial charge in [-0.3, -0.25) is 4.98 Å². The summed E-state index contributed by atoms with van der Waals surface area (Å²) in [5.41, 5.74) is 2.07. The van der Waals surface area contributed by atoms with Crippen molar-refractivity contribution in [1.29, 1.82) is 0 Å². The fourth-order valence-corrected chi connectivity index (χ4v) is 2.93. The monoisotopic (exact) mass is 290 g/mol. The topological polar surface area (TPSA) is 45.6 Å². The summed E-state index contributed by atoms with van der Waals surface area (Å²) in [5, 5.41) is 10.3. The summed E-state index contributed by atoms with van der Waals surface area (Å²) in [7, 11) is 0. The number of rotatable bonds is 2. The van der Waals surface area contributed by atoms with Gasteiger partial charge in [-0.15, -0.1) is 0 Å². The molecule has 0 radical (unpaired) electrons. The Morgan fingerprint density at radius 2 is 2.29 bits per heavy atom. The Morgan fingerprint density at radius 3 is 3.05 bits per heavy atom. The van der Waals surface area contributed by atoms with Crippen LogP contribution in [-0.4, -0.2) is 42.0 Å². The lowest BCUT2D eigenvalue weighted by Crippen LogP contribution is -2.48. The Labute approximate surface area is 123 Å². The SMILES string of the molecule is Cc1c(F)cc(N2CC(CO)O[C@H](C)C2)c2cccnc12. The smallest absolute Gasteiger partial charge is 0.130 e. The van der Waals surface area contributed by atoms with Crippen LogP contribution >= 0.6 is 0 Å². The predicted octanol–water partition coefficient (Wildman–Crippen LogP) is 2.27. The Bertz CT molecular complexity index is 662. The second-order valence-electron chi connectivity index (χ2n) is 5.56. The van der Waals surface area contributed by atoms with Gasteiger partial charge in [-0.05, 0) is 32.0 Å². The molecule has 0 amide bonds. The lowest BCUT2D eigenvalue weighted by atomic mass is 10.1. The van der Waals surface area contributed by atoms with Crippen molar-refractivity contribution < 1.29 is 14.2 Å². The lowest BCUT2D eigenvalue weighted by Gasteiger charge is -2.38. The van der Waals surface area contributed by atoms with Gasteiger partial charge >= 0.3 is 0 Å². The van der Waals surface area contributed by atoms with Gasteiger partial charge in [0, 0.05) is 35.9 Å². The maximum absolute atomic E-state index is 14.2. The van der Waals surface area contributed by atoms with Crippen LogP contribution in [0.2, 0.25) is 0 Å². The molecule has 2 atom stereocenters. The van der Waals surface area contributed by atoms with Crippen LogP contribution in [0.4, 0.5) is 10.1 Å². The average Bonchev–Trinajstić information content (AvgIpc) is 2.50. The van der Waals surface area contributed by atoms with E-state index >= 15 is 0 Å². The summed E-state index contributed by atoms with van der Waals surface area (Å²) in [4.78, 5) is 6.38. The zero-order valence-electron chi connectivity index (χ0n) is 12.2. The summed E-state index contributed by atoms with van der Waals surface area (Å²) >= 11 is 0. The van der Waals surface area contributed by atoms with E-state index in [0.29, 0.717) is 24.2 Å². The fraction of sp³-hybridized carbons (Fsp3) is 0.438. The third-order valence-electron chi connectivity index (χ3n) is 3.93. The number of morpholine rings is 1. The number of fused-ring (bicyclic) bond motifs is 1. The molecule has 5 heteroatoms. The number of aliphatic hydroxyl groups excluding tert-OH is 1. The van der Waals surface area contributed by atoms with Crippen LogP contribution in [-0.2, 0) is 4.74 Å². The van der Waals surface area contributed by atoms with E-state index in [-0.39, 0.29) is 24.6 Å². The van der Waals surface area contributed by atoms with Gasteiger partial charge in [0.1, 0.15) is 5.82 Å². The third-order valence-corrected chi connectivity index (χ3v) is 3.93. The van der Waals surface area contributed by atoms with E-state index in [2.05, 4.69) is 9.88 Å². The number of nitrogens with zero attached hydrogens (tertiary/aromatic N) is 2. The van der Waals surface area contributed by atoms with Crippen molar-refractivity contribution in [3.05, 3.63) is 35.8 Å². The van der Waals surface area contributed by atoms with Gasteiger partial charge in [0.15, 0.2) is 0 Å². The third kappa shape index (κ3) is 2.59. The van der Waals surface area contributed by atoms with E-state index in [1.807, 2.05) is 19.1 Å². The molecule has 0 saturated carbocycles. The highest BCUT2D eigenvalue weighted by atomic mass is 19.1. The standard InChI is InChI=1S/C16H19FN2O2/c1-10-7-19(8-12(9-20)21-10)15-6-14(17)11(2)16-13(15)4-3-5-18-16/h3-6,10,12,20H,7-9H2,1-2H3/t10-,12?/m1/s1. The molecule has 1 saturated heterocycles. The van der Waals surface area contributed by atoms with E-state index in [0.717, 1.165) is 11.1 Å².